The SMILES string of the molecule is C[C@@H](NC(=O)Nc1ccc(C(N)=O)cc1)C(=O)O. The number of primary amides is 1. The molecule has 1 aromatic rings. The number of anilines is 1. The molecule has 0 aliphatic carbocycles. The van der Waals surface area contributed by atoms with Crippen LogP contribution in [-0.4, -0.2) is 29.1 Å². The van der Waals surface area contributed by atoms with Gasteiger partial charge in [0, 0.05) is 11.3 Å². The Bertz CT molecular complexity index is 470. The molecule has 1 atom stereocenters. The van der Waals surface area contributed by atoms with Crippen molar-refractivity contribution >= 4 is 23.6 Å². The van der Waals surface area contributed by atoms with E-state index in [1.165, 1.54) is 31.2 Å². The van der Waals surface area contributed by atoms with Crippen molar-refractivity contribution in [1.82, 2.24) is 5.32 Å². The molecule has 0 fully saturated rings. The lowest BCUT2D eigenvalue weighted by molar-refractivity contribution is -0.138. The Labute approximate surface area is 103 Å². The number of carbonyl (C=O) groups is 3. The highest BCUT2D eigenvalue weighted by molar-refractivity contribution is 5.95. The smallest absolute Gasteiger partial charge is 0.325 e. The highest BCUT2D eigenvalue weighted by Crippen LogP contribution is 2.08. The second-order valence-electron chi connectivity index (χ2n) is 3.60. The number of aliphatic carboxylic acids is 1. The summed E-state index contributed by atoms with van der Waals surface area (Å²) in [7, 11) is 0. The number of amides is 3. The number of urea groups is 1. The van der Waals surface area contributed by atoms with E-state index in [0.717, 1.165) is 0 Å². The van der Waals surface area contributed by atoms with E-state index in [-0.39, 0.29) is 0 Å². The summed E-state index contributed by atoms with van der Waals surface area (Å²) in [6.07, 6.45) is 0. The molecule has 0 saturated heterocycles. The van der Waals surface area contributed by atoms with Crippen LogP contribution in [0.1, 0.15) is 17.3 Å². The van der Waals surface area contributed by atoms with Gasteiger partial charge in [-0.2, -0.15) is 0 Å². The fourth-order valence-electron chi connectivity index (χ4n) is 1.14. The molecule has 0 unspecified atom stereocenters. The molecule has 0 heterocycles. The van der Waals surface area contributed by atoms with Crippen LogP contribution >= 0.6 is 0 Å². The molecule has 7 heteroatoms. The normalized spacial score (nSPS) is 11.4. The van der Waals surface area contributed by atoms with Gasteiger partial charge in [-0.25, -0.2) is 4.79 Å². The van der Waals surface area contributed by atoms with Crippen molar-refractivity contribution in [1.29, 1.82) is 0 Å². The van der Waals surface area contributed by atoms with Crippen molar-refractivity contribution in [3.05, 3.63) is 29.8 Å². The third kappa shape index (κ3) is 3.78. The van der Waals surface area contributed by atoms with Gasteiger partial charge in [0.25, 0.3) is 0 Å². The maximum Gasteiger partial charge on any atom is 0.325 e. The molecule has 0 aliphatic heterocycles. The fraction of sp³-hybridized carbons (Fsp3) is 0.182. The lowest BCUT2D eigenvalue weighted by Gasteiger charge is -2.10. The van der Waals surface area contributed by atoms with E-state index in [9.17, 15) is 14.4 Å². The zero-order chi connectivity index (χ0) is 13.7. The lowest BCUT2D eigenvalue weighted by Crippen LogP contribution is -2.40. The van der Waals surface area contributed by atoms with Gasteiger partial charge in [0.15, 0.2) is 0 Å². The first-order chi connectivity index (χ1) is 8.40. The fourth-order valence-corrected chi connectivity index (χ4v) is 1.14. The minimum Gasteiger partial charge on any atom is -0.480 e. The molecule has 5 N–H and O–H groups in total. The first kappa shape index (κ1) is 13.5. The number of hydrogen-bond acceptors (Lipinski definition) is 3. The van der Waals surface area contributed by atoms with Crippen LogP contribution in [0.4, 0.5) is 10.5 Å². The van der Waals surface area contributed by atoms with Crippen molar-refractivity contribution < 1.29 is 19.5 Å². The highest BCUT2D eigenvalue weighted by Gasteiger charge is 2.13. The molecule has 1 rings (SSSR count). The van der Waals surface area contributed by atoms with Crippen LogP contribution in [0.5, 0.6) is 0 Å². The molecular weight excluding hydrogens is 238 g/mol. The number of carbonyl (C=O) groups excluding carboxylic acids is 2. The predicted molar refractivity (Wildman–Crippen MR) is 64.2 cm³/mol. The van der Waals surface area contributed by atoms with E-state index in [2.05, 4.69) is 10.6 Å². The molecule has 0 aromatic heterocycles. The third-order valence-corrected chi connectivity index (χ3v) is 2.15. The Kier molecular flexibility index (Phi) is 4.25. The second kappa shape index (κ2) is 5.67. The number of carboxylic acids is 1. The summed E-state index contributed by atoms with van der Waals surface area (Å²) >= 11 is 0. The molecule has 0 saturated carbocycles. The van der Waals surface area contributed by atoms with E-state index in [4.69, 9.17) is 10.8 Å². The summed E-state index contributed by atoms with van der Waals surface area (Å²) in [4.78, 5) is 32.7. The van der Waals surface area contributed by atoms with Crippen LogP contribution in [0.2, 0.25) is 0 Å². The molecule has 3 amide bonds. The maximum atomic E-state index is 11.4. The molecule has 1 aromatic carbocycles. The Balaban J connectivity index is 2.60. The highest BCUT2D eigenvalue weighted by atomic mass is 16.4. The predicted octanol–water partition coefficient (Wildman–Crippen LogP) is 0.380. The quantitative estimate of drug-likeness (QED) is 0.617. The van der Waals surface area contributed by atoms with E-state index in [1.807, 2.05) is 0 Å². The molecule has 18 heavy (non-hydrogen) atoms. The maximum absolute atomic E-state index is 11.4. The van der Waals surface area contributed by atoms with Crippen LogP contribution in [0.25, 0.3) is 0 Å². The minimum atomic E-state index is -1.13. The number of hydrogen-bond donors (Lipinski definition) is 4. The van der Waals surface area contributed by atoms with Crippen LogP contribution < -0.4 is 16.4 Å². The molecule has 0 bridgehead atoms. The van der Waals surface area contributed by atoms with Crippen molar-refractivity contribution in [3.8, 4) is 0 Å². The van der Waals surface area contributed by atoms with Crippen LogP contribution in [-0.2, 0) is 4.79 Å². The van der Waals surface area contributed by atoms with Gasteiger partial charge in [-0.3, -0.25) is 9.59 Å². The summed E-state index contributed by atoms with van der Waals surface area (Å²) in [5.41, 5.74) is 5.81. The summed E-state index contributed by atoms with van der Waals surface area (Å²) in [5.74, 6) is -1.69. The van der Waals surface area contributed by atoms with Crippen molar-refractivity contribution in [2.45, 2.75) is 13.0 Å². The minimum absolute atomic E-state index is 0.319. The van der Waals surface area contributed by atoms with Crippen LogP contribution in [0.3, 0.4) is 0 Å². The van der Waals surface area contributed by atoms with Crippen molar-refractivity contribution in [2.75, 3.05) is 5.32 Å². The largest absolute Gasteiger partial charge is 0.480 e. The van der Waals surface area contributed by atoms with E-state index in [0.29, 0.717) is 11.3 Å². The molecule has 7 nitrogen and oxygen atoms in total. The lowest BCUT2D eigenvalue weighted by atomic mass is 10.2. The zero-order valence-corrected chi connectivity index (χ0v) is 9.64. The third-order valence-electron chi connectivity index (χ3n) is 2.15. The molecule has 0 radical (unpaired) electrons. The Morgan fingerprint density at radius 3 is 2.22 bits per heavy atom. The monoisotopic (exact) mass is 251 g/mol. The van der Waals surface area contributed by atoms with Gasteiger partial charge in [-0.15, -0.1) is 0 Å². The summed E-state index contributed by atoms with van der Waals surface area (Å²) in [6.45, 7) is 1.35. The van der Waals surface area contributed by atoms with Gasteiger partial charge in [0.2, 0.25) is 5.91 Å². The number of carboxylic acid groups (broad SMARTS) is 1. The molecule has 0 spiro atoms. The standard InChI is InChI=1S/C11H13N3O4/c1-6(10(16)17)13-11(18)14-8-4-2-7(3-5-8)9(12)15/h2-6H,1H3,(H2,12,15)(H,16,17)(H2,13,14,18)/t6-/m1/s1. The number of nitrogens with one attached hydrogen (secondary N) is 2. The van der Waals surface area contributed by atoms with Gasteiger partial charge in [-0.1, -0.05) is 0 Å². The Hall–Kier alpha value is -2.57. The number of rotatable bonds is 4. The van der Waals surface area contributed by atoms with Gasteiger partial charge < -0.3 is 21.5 Å². The molecule has 96 valence electrons. The number of benzene rings is 1. The van der Waals surface area contributed by atoms with E-state index in [1.54, 1.807) is 0 Å². The molecule has 0 aliphatic rings. The van der Waals surface area contributed by atoms with Gasteiger partial charge in [0.05, 0.1) is 0 Å². The Morgan fingerprint density at radius 1 is 1.22 bits per heavy atom. The zero-order valence-electron chi connectivity index (χ0n) is 9.64. The average Bonchev–Trinajstić information content (AvgIpc) is 2.29. The Morgan fingerprint density at radius 2 is 1.78 bits per heavy atom. The average molecular weight is 251 g/mol. The van der Waals surface area contributed by atoms with E-state index >= 15 is 0 Å². The molecular formula is C11H13N3O4. The number of nitrogens with two attached hydrogens (primary N) is 1. The van der Waals surface area contributed by atoms with Crippen LogP contribution in [0, 0.1) is 0 Å². The van der Waals surface area contributed by atoms with Gasteiger partial charge in [-0.05, 0) is 31.2 Å². The first-order valence-electron chi connectivity index (χ1n) is 5.10. The second-order valence-corrected chi connectivity index (χ2v) is 3.60. The van der Waals surface area contributed by atoms with Gasteiger partial charge in [0.1, 0.15) is 6.04 Å². The summed E-state index contributed by atoms with van der Waals surface area (Å²) in [6, 6.07) is 4.26. The first-order valence-corrected chi connectivity index (χ1v) is 5.10. The van der Waals surface area contributed by atoms with Crippen LogP contribution in [0.15, 0.2) is 24.3 Å². The topological polar surface area (TPSA) is 122 Å². The summed E-state index contributed by atoms with van der Waals surface area (Å²) < 4.78 is 0. The van der Waals surface area contributed by atoms with Crippen molar-refractivity contribution in [2.24, 2.45) is 5.73 Å². The van der Waals surface area contributed by atoms with E-state index < -0.39 is 23.9 Å². The van der Waals surface area contributed by atoms with Crippen molar-refractivity contribution in [3.63, 3.8) is 0 Å². The summed E-state index contributed by atoms with van der Waals surface area (Å²) in [5, 5.41) is 13.3. The van der Waals surface area contributed by atoms with Gasteiger partial charge >= 0.3 is 12.0 Å².